The summed E-state index contributed by atoms with van der Waals surface area (Å²) in [7, 11) is 1.65. The third kappa shape index (κ3) is 6.83. The van der Waals surface area contributed by atoms with Crippen molar-refractivity contribution in [1.29, 1.82) is 0 Å². The lowest BCUT2D eigenvalue weighted by Gasteiger charge is -2.31. The van der Waals surface area contributed by atoms with Crippen LogP contribution in [0.25, 0.3) is 11.1 Å². The number of nitrogens with zero attached hydrogens (tertiary/aromatic N) is 2. The number of piperidine rings is 1. The Bertz CT molecular complexity index is 1460. The van der Waals surface area contributed by atoms with Gasteiger partial charge in [-0.2, -0.15) is 0 Å². The third-order valence-electron chi connectivity index (χ3n) is 7.54. The first-order chi connectivity index (χ1) is 19.5. The van der Waals surface area contributed by atoms with Crippen molar-refractivity contribution in [3.8, 4) is 16.9 Å². The van der Waals surface area contributed by atoms with E-state index in [1.165, 1.54) is 23.5 Å². The van der Waals surface area contributed by atoms with Crippen LogP contribution in [0.1, 0.15) is 58.2 Å². The number of ether oxygens (including phenoxy) is 1. The molecule has 0 saturated carbocycles. The standard InChI is InChI=1S/C33H33FN2O3S/c1-39-28-12-13-29(24-7-3-2-4-8-24)26(21-28)11-14-31(37)30-22-40-33(35-30)25-16-18-36(19-17-25)32(38)15-10-23-6-5-9-27(34)20-23/h2-9,12-13,20-22,25H,10-11,14-19H2,1H3. The zero-order chi connectivity index (χ0) is 27.9. The molecule has 5 rings (SSSR count). The number of aromatic nitrogens is 1. The monoisotopic (exact) mass is 556 g/mol. The number of ketones is 1. The normalized spacial score (nSPS) is 13.8. The third-order valence-corrected chi connectivity index (χ3v) is 8.55. The van der Waals surface area contributed by atoms with E-state index in [0.717, 1.165) is 45.9 Å². The van der Waals surface area contributed by atoms with Crippen LogP contribution in [0.2, 0.25) is 0 Å². The van der Waals surface area contributed by atoms with Crippen molar-refractivity contribution in [2.45, 2.75) is 44.4 Å². The Hall–Kier alpha value is -3.84. The maximum absolute atomic E-state index is 13.4. The van der Waals surface area contributed by atoms with Crippen LogP contribution in [0, 0.1) is 5.82 Å². The number of benzene rings is 3. The zero-order valence-electron chi connectivity index (χ0n) is 22.6. The molecule has 3 aromatic carbocycles. The highest BCUT2D eigenvalue weighted by Crippen LogP contribution is 2.32. The zero-order valence-corrected chi connectivity index (χ0v) is 23.5. The summed E-state index contributed by atoms with van der Waals surface area (Å²) in [5.74, 6) is 0.891. The molecule has 0 bridgehead atoms. The van der Waals surface area contributed by atoms with Gasteiger partial charge in [0, 0.05) is 37.2 Å². The molecule has 0 N–H and O–H groups in total. The number of halogens is 1. The largest absolute Gasteiger partial charge is 0.497 e. The lowest BCUT2D eigenvalue weighted by atomic mass is 9.95. The van der Waals surface area contributed by atoms with E-state index in [-0.39, 0.29) is 23.4 Å². The topological polar surface area (TPSA) is 59.5 Å². The van der Waals surface area contributed by atoms with Gasteiger partial charge in [0.15, 0.2) is 5.78 Å². The Balaban J connectivity index is 1.14. The summed E-state index contributed by atoms with van der Waals surface area (Å²) >= 11 is 1.54. The van der Waals surface area contributed by atoms with Gasteiger partial charge < -0.3 is 9.64 Å². The van der Waals surface area contributed by atoms with E-state index in [1.807, 2.05) is 52.7 Å². The van der Waals surface area contributed by atoms with Crippen molar-refractivity contribution in [1.82, 2.24) is 9.88 Å². The molecular weight excluding hydrogens is 523 g/mol. The number of amides is 1. The van der Waals surface area contributed by atoms with Crippen LogP contribution in [0.15, 0.2) is 78.2 Å². The Morgan fingerprint density at radius 1 is 0.975 bits per heavy atom. The summed E-state index contributed by atoms with van der Waals surface area (Å²) in [5.41, 5.74) is 4.65. The minimum absolute atomic E-state index is 0.0364. The number of hydrogen-bond donors (Lipinski definition) is 0. The number of thiazole rings is 1. The van der Waals surface area contributed by atoms with Gasteiger partial charge in [0.2, 0.25) is 5.91 Å². The summed E-state index contributed by atoms with van der Waals surface area (Å²) in [6.45, 7) is 1.35. The van der Waals surface area contributed by atoms with Gasteiger partial charge in [-0.3, -0.25) is 9.59 Å². The molecule has 0 atom stereocenters. The second-order valence-electron chi connectivity index (χ2n) is 10.2. The molecule has 1 aromatic heterocycles. The predicted octanol–water partition coefficient (Wildman–Crippen LogP) is 7.11. The van der Waals surface area contributed by atoms with E-state index in [4.69, 9.17) is 9.72 Å². The van der Waals surface area contributed by atoms with Crippen molar-refractivity contribution in [3.63, 3.8) is 0 Å². The summed E-state index contributed by atoms with van der Waals surface area (Å²) in [5, 5.41) is 2.85. The number of rotatable bonds is 10. The van der Waals surface area contributed by atoms with Crippen molar-refractivity contribution >= 4 is 23.0 Å². The van der Waals surface area contributed by atoms with Gasteiger partial charge in [-0.05, 0) is 72.2 Å². The Morgan fingerprint density at radius 3 is 2.52 bits per heavy atom. The number of likely N-dealkylation sites (tertiary alicyclic amines) is 1. The Morgan fingerprint density at radius 2 is 1.77 bits per heavy atom. The lowest BCUT2D eigenvalue weighted by molar-refractivity contribution is -0.132. The summed E-state index contributed by atoms with van der Waals surface area (Å²) in [6, 6.07) is 22.6. The van der Waals surface area contributed by atoms with Crippen LogP contribution >= 0.6 is 11.3 Å². The SMILES string of the molecule is COc1ccc(-c2ccccc2)c(CCC(=O)c2csc(C3CCN(C(=O)CCc4cccc(F)c4)CC3)n2)c1. The first-order valence-electron chi connectivity index (χ1n) is 13.7. The minimum Gasteiger partial charge on any atom is -0.497 e. The Labute approximate surface area is 238 Å². The second-order valence-corrected chi connectivity index (χ2v) is 11.1. The highest BCUT2D eigenvalue weighted by molar-refractivity contribution is 7.09. The van der Waals surface area contributed by atoms with Crippen molar-refractivity contribution in [3.05, 3.63) is 106 Å². The van der Waals surface area contributed by atoms with Gasteiger partial charge in [-0.25, -0.2) is 9.37 Å². The number of carbonyl (C=O) groups is 2. The number of carbonyl (C=O) groups excluding carboxylic acids is 2. The lowest BCUT2D eigenvalue weighted by Crippen LogP contribution is -2.38. The van der Waals surface area contributed by atoms with Gasteiger partial charge in [-0.15, -0.1) is 11.3 Å². The fourth-order valence-electron chi connectivity index (χ4n) is 5.26. The molecule has 5 nitrogen and oxygen atoms in total. The fraction of sp³-hybridized carbons (Fsp3) is 0.303. The molecule has 0 radical (unpaired) electrons. The number of hydrogen-bond acceptors (Lipinski definition) is 5. The molecule has 2 heterocycles. The molecule has 0 unspecified atom stereocenters. The van der Waals surface area contributed by atoms with Gasteiger partial charge in [0.1, 0.15) is 17.3 Å². The maximum Gasteiger partial charge on any atom is 0.222 e. The fourth-order valence-corrected chi connectivity index (χ4v) is 6.26. The van der Waals surface area contributed by atoms with Crippen LogP contribution in [-0.2, 0) is 17.6 Å². The van der Waals surface area contributed by atoms with Gasteiger partial charge in [0.25, 0.3) is 0 Å². The van der Waals surface area contributed by atoms with E-state index >= 15 is 0 Å². The molecule has 0 aliphatic carbocycles. The van der Waals surface area contributed by atoms with E-state index in [2.05, 4.69) is 12.1 Å². The predicted molar refractivity (Wildman–Crippen MR) is 156 cm³/mol. The molecule has 206 valence electrons. The summed E-state index contributed by atoms with van der Waals surface area (Å²) in [6.07, 6.45) is 3.55. The smallest absolute Gasteiger partial charge is 0.222 e. The number of aryl methyl sites for hydroxylation is 2. The van der Waals surface area contributed by atoms with Crippen LogP contribution in [-0.4, -0.2) is 41.8 Å². The molecule has 1 aliphatic heterocycles. The van der Waals surface area contributed by atoms with E-state index in [1.54, 1.807) is 13.2 Å². The molecule has 1 fully saturated rings. The first-order valence-corrected chi connectivity index (χ1v) is 14.6. The van der Waals surface area contributed by atoms with Crippen LogP contribution in [0.4, 0.5) is 4.39 Å². The Kier molecular flexibility index (Phi) is 9.01. The minimum atomic E-state index is -0.274. The summed E-state index contributed by atoms with van der Waals surface area (Å²) in [4.78, 5) is 32.4. The first kappa shape index (κ1) is 27.7. The average Bonchev–Trinajstić information content (AvgIpc) is 3.50. The van der Waals surface area contributed by atoms with Crippen LogP contribution in [0.3, 0.4) is 0 Å². The molecule has 1 aliphatic rings. The molecule has 1 amide bonds. The average molecular weight is 557 g/mol. The quantitative estimate of drug-likeness (QED) is 0.195. The van der Waals surface area contributed by atoms with Gasteiger partial charge in [-0.1, -0.05) is 48.5 Å². The molecule has 4 aromatic rings. The van der Waals surface area contributed by atoms with Crippen molar-refractivity contribution in [2.75, 3.05) is 20.2 Å². The molecule has 40 heavy (non-hydrogen) atoms. The maximum atomic E-state index is 13.4. The molecule has 1 saturated heterocycles. The second kappa shape index (κ2) is 13.0. The van der Waals surface area contributed by atoms with Gasteiger partial charge in [0.05, 0.1) is 12.1 Å². The molecule has 7 heteroatoms. The van der Waals surface area contributed by atoms with Crippen LogP contribution < -0.4 is 4.74 Å². The van der Waals surface area contributed by atoms with E-state index in [0.29, 0.717) is 44.5 Å². The number of methoxy groups -OCH3 is 1. The molecular formula is C33H33FN2O3S. The van der Waals surface area contributed by atoms with E-state index in [9.17, 15) is 14.0 Å². The van der Waals surface area contributed by atoms with Gasteiger partial charge >= 0.3 is 0 Å². The van der Waals surface area contributed by atoms with E-state index < -0.39 is 0 Å². The van der Waals surface area contributed by atoms with Crippen LogP contribution in [0.5, 0.6) is 5.75 Å². The van der Waals surface area contributed by atoms with Crippen molar-refractivity contribution < 1.29 is 18.7 Å². The molecule has 0 spiro atoms. The van der Waals surface area contributed by atoms with Crippen molar-refractivity contribution in [2.24, 2.45) is 0 Å². The summed E-state index contributed by atoms with van der Waals surface area (Å²) < 4.78 is 18.8. The highest BCUT2D eigenvalue weighted by atomic mass is 32.1. The number of Topliss-reactive ketones (excluding diaryl/α,β-unsaturated/α-hetero) is 1. The highest BCUT2D eigenvalue weighted by Gasteiger charge is 2.26.